The number of nitrogens with two attached hydrogens (primary N) is 1. The quantitative estimate of drug-likeness (QED) is 0.804. The van der Waals surface area contributed by atoms with Gasteiger partial charge < -0.3 is 5.73 Å². The average molecular weight is 252 g/mol. The van der Waals surface area contributed by atoms with Gasteiger partial charge in [0.05, 0.1) is 0 Å². The van der Waals surface area contributed by atoms with Gasteiger partial charge in [-0.2, -0.15) is 0 Å². The van der Waals surface area contributed by atoms with Gasteiger partial charge in [-0.1, -0.05) is 28.1 Å². The van der Waals surface area contributed by atoms with Gasteiger partial charge in [0.1, 0.15) is 0 Å². The summed E-state index contributed by atoms with van der Waals surface area (Å²) in [5, 5.41) is 0. The Kier molecular flexibility index (Phi) is 4.19. The molecule has 74 valence electrons. The Morgan fingerprint density at radius 3 is 2.86 bits per heavy atom. The third kappa shape index (κ3) is 2.60. The van der Waals surface area contributed by atoms with Crippen LogP contribution in [0.4, 0.5) is 0 Å². The predicted molar refractivity (Wildman–Crippen MR) is 63.9 cm³/mol. The Labute approximate surface area is 93.8 Å². The van der Waals surface area contributed by atoms with Crippen LogP contribution in [0, 0.1) is 18.8 Å². The fourth-order valence-corrected chi connectivity index (χ4v) is 1.73. The Hall–Kier alpha value is -0.780. The van der Waals surface area contributed by atoms with Crippen molar-refractivity contribution < 1.29 is 0 Å². The van der Waals surface area contributed by atoms with Crippen LogP contribution in [0.1, 0.15) is 30.5 Å². The SMILES string of the molecule is CC#CCC(N)c1cccc(Br)c1C. The highest BCUT2D eigenvalue weighted by Crippen LogP contribution is 2.24. The minimum atomic E-state index is 0.0138. The van der Waals surface area contributed by atoms with Gasteiger partial charge in [-0.15, -0.1) is 11.8 Å². The van der Waals surface area contributed by atoms with Gasteiger partial charge in [0.2, 0.25) is 0 Å². The van der Waals surface area contributed by atoms with Crippen molar-refractivity contribution in [1.82, 2.24) is 0 Å². The van der Waals surface area contributed by atoms with E-state index in [1.165, 1.54) is 11.1 Å². The fourth-order valence-electron chi connectivity index (χ4n) is 1.35. The summed E-state index contributed by atoms with van der Waals surface area (Å²) in [6, 6.07) is 6.10. The molecule has 0 aliphatic rings. The molecule has 0 bridgehead atoms. The molecule has 2 N–H and O–H groups in total. The number of halogens is 1. The molecular weight excluding hydrogens is 238 g/mol. The molecule has 0 radical (unpaired) electrons. The van der Waals surface area contributed by atoms with E-state index in [-0.39, 0.29) is 6.04 Å². The van der Waals surface area contributed by atoms with Crippen LogP contribution < -0.4 is 5.73 Å². The molecule has 2 heteroatoms. The molecule has 0 saturated heterocycles. The Morgan fingerprint density at radius 1 is 1.50 bits per heavy atom. The Balaban J connectivity index is 2.93. The average Bonchev–Trinajstić information content (AvgIpc) is 2.18. The lowest BCUT2D eigenvalue weighted by atomic mass is 10.00. The molecule has 0 saturated carbocycles. The maximum absolute atomic E-state index is 6.03. The topological polar surface area (TPSA) is 26.0 Å². The summed E-state index contributed by atoms with van der Waals surface area (Å²) < 4.78 is 1.11. The van der Waals surface area contributed by atoms with E-state index in [4.69, 9.17) is 5.73 Å². The molecule has 0 amide bonds. The lowest BCUT2D eigenvalue weighted by Gasteiger charge is -2.12. The van der Waals surface area contributed by atoms with E-state index in [2.05, 4.69) is 40.8 Å². The zero-order chi connectivity index (χ0) is 10.6. The van der Waals surface area contributed by atoms with Crippen molar-refractivity contribution in [3.05, 3.63) is 33.8 Å². The zero-order valence-electron chi connectivity index (χ0n) is 8.47. The first-order valence-corrected chi connectivity index (χ1v) is 5.36. The first-order valence-electron chi connectivity index (χ1n) is 4.57. The van der Waals surface area contributed by atoms with Gasteiger partial charge in [0.25, 0.3) is 0 Å². The second-order valence-electron chi connectivity index (χ2n) is 3.19. The molecule has 0 aromatic heterocycles. The fraction of sp³-hybridized carbons (Fsp3) is 0.333. The van der Waals surface area contributed by atoms with Crippen molar-refractivity contribution in [3.8, 4) is 11.8 Å². The molecule has 1 aromatic carbocycles. The first kappa shape index (κ1) is 11.3. The Bertz CT molecular complexity index is 374. The van der Waals surface area contributed by atoms with Crippen molar-refractivity contribution in [2.24, 2.45) is 5.73 Å². The van der Waals surface area contributed by atoms with Crippen LogP contribution in [0.3, 0.4) is 0 Å². The molecule has 1 unspecified atom stereocenters. The minimum Gasteiger partial charge on any atom is -0.323 e. The standard InChI is InChI=1S/C12H14BrN/c1-3-4-8-12(14)10-6-5-7-11(13)9(10)2/h5-7,12H,8,14H2,1-2H3. The molecular formula is C12H14BrN. The van der Waals surface area contributed by atoms with Gasteiger partial charge in [-0.3, -0.25) is 0 Å². The van der Waals surface area contributed by atoms with E-state index in [1.54, 1.807) is 0 Å². The van der Waals surface area contributed by atoms with E-state index in [1.807, 2.05) is 19.1 Å². The highest BCUT2D eigenvalue weighted by molar-refractivity contribution is 9.10. The molecule has 0 heterocycles. The molecule has 1 rings (SSSR count). The van der Waals surface area contributed by atoms with E-state index in [0.29, 0.717) is 6.42 Å². The number of benzene rings is 1. The summed E-state index contributed by atoms with van der Waals surface area (Å²) in [4.78, 5) is 0. The van der Waals surface area contributed by atoms with Crippen LogP contribution in [-0.2, 0) is 0 Å². The van der Waals surface area contributed by atoms with Gasteiger partial charge in [0, 0.05) is 16.9 Å². The van der Waals surface area contributed by atoms with Gasteiger partial charge >= 0.3 is 0 Å². The van der Waals surface area contributed by atoms with Crippen LogP contribution in [-0.4, -0.2) is 0 Å². The lowest BCUT2D eigenvalue weighted by molar-refractivity contribution is 0.747. The third-order valence-corrected chi connectivity index (χ3v) is 3.07. The van der Waals surface area contributed by atoms with Crippen LogP contribution in [0.25, 0.3) is 0 Å². The summed E-state index contributed by atoms with van der Waals surface area (Å²) in [6.45, 7) is 3.90. The van der Waals surface area contributed by atoms with E-state index in [9.17, 15) is 0 Å². The zero-order valence-corrected chi connectivity index (χ0v) is 10.1. The summed E-state index contributed by atoms with van der Waals surface area (Å²) in [6.07, 6.45) is 0.716. The second kappa shape index (κ2) is 5.19. The van der Waals surface area contributed by atoms with Crippen LogP contribution in [0.15, 0.2) is 22.7 Å². The third-order valence-electron chi connectivity index (χ3n) is 2.21. The van der Waals surface area contributed by atoms with Crippen LogP contribution in [0.5, 0.6) is 0 Å². The van der Waals surface area contributed by atoms with Gasteiger partial charge in [-0.05, 0) is 31.0 Å². The predicted octanol–water partition coefficient (Wildman–Crippen LogP) is 3.17. The summed E-state index contributed by atoms with van der Waals surface area (Å²) >= 11 is 3.49. The Morgan fingerprint density at radius 2 is 2.21 bits per heavy atom. The normalized spacial score (nSPS) is 11.7. The molecule has 0 fully saturated rings. The van der Waals surface area contributed by atoms with E-state index < -0.39 is 0 Å². The van der Waals surface area contributed by atoms with E-state index >= 15 is 0 Å². The molecule has 1 nitrogen and oxygen atoms in total. The highest BCUT2D eigenvalue weighted by atomic mass is 79.9. The van der Waals surface area contributed by atoms with Crippen molar-refractivity contribution in [2.75, 3.05) is 0 Å². The van der Waals surface area contributed by atoms with Crippen molar-refractivity contribution in [2.45, 2.75) is 26.3 Å². The maximum Gasteiger partial charge on any atom is 0.0408 e. The van der Waals surface area contributed by atoms with Crippen LogP contribution >= 0.6 is 15.9 Å². The lowest BCUT2D eigenvalue weighted by Crippen LogP contribution is -2.10. The van der Waals surface area contributed by atoms with Crippen molar-refractivity contribution in [1.29, 1.82) is 0 Å². The first-order chi connectivity index (χ1) is 6.66. The molecule has 0 spiro atoms. The smallest absolute Gasteiger partial charge is 0.0408 e. The van der Waals surface area contributed by atoms with Crippen molar-refractivity contribution >= 4 is 15.9 Å². The molecule has 0 aliphatic carbocycles. The summed E-state index contributed by atoms with van der Waals surface area (Å²) in [5.41, 5.74) is 8.40. The summed E-state index contributed by atoms with van der Waals surface area (Å²) in [7, 11) is 0. The largest absolute Gasteiger partial charge is 0.323 e. The minimum absolute atomic E-state index is 0.0138. The molecule has 1 aromatic rings. The number of hydrogen-bond acceptors (Lipinski definition) is 1. The van der Waals surface area contributed by atoms with Gasteiger partial charge in [-0.25, -0.2) is 0 Å². The highest BCUT2D eigenvalue weighted by Gasteiger charge is 2.08. The number of rotatable bonds is 2. The second-order valence-corrected chi connectivity index (χ2v) is 4.05. The van der Waals surface area contributed by atoms with Crippen molar-refractivity contribution in [3.63, 3.8) is 0 Å². The molecule has 14 heavy (non-hydrogen) atoms. The van der Waals surface area contributed by atoms with E-state index in [0.717, 1.165) is 4.47 Å². The van der Waals surface area contributed by atoms with Crippen LogP contribution in [0.2, 0.25) is 0 Å². The monoisotopic (exact) mass is 251 g/mol. The molecule has 0 aliphatic heterocycles. The van der Waals surface area contributed by atoms with Gasteiger partial charge in [0.15, 0.2) is 0 Å². The number of hydrogen-bond donors (Lipinski definition) is 1. The molecule has 1 atom stereocenters. The maximum atomic E-state index is 6.03. The summed E-state index contributed by atoms with van der Waals surface area (Å²) in [5.74, 6) is 5.86.